The second-order valence-electron chi connectivity index (χ2n) is 5.37. The fourth-order valence-electron chi connectivity index (χ4n) is 2.30. The number of aromatic carboxylic acids is 2. The van der Waals surface area contributed by atoms with Gasteiger partial charge in [0.05, 0.1) is 22.4 Å². The molecule has 0 saturated heterocycles. The van der Waals surface area contributed by atoms with Crippen molar-refractivity contribution in [3.05, 3.63) is 69.6 Å². The van der Waals surface area contributed by atoms with Gasteiger partial charge in [-0.1, -0.05) is 23.7 Å². The molecule has 9 heteroatoms. The summed E-state index contributed by atoms with van der Waals surface area (Å²) in [6, 6.07) is 10.2. The highest BCUT2D eigenvalue weighted by Crippen LogP contribution is 2.26. The van der Waals surface area contributed by atoms with Crippen LogP contribution in [0.3, 0.4) is 0 Å². The Morgan fingerprint density at radius 1 is 0.963 bits per heavy atom. The highest BCUT2D eigenvalue weighted by molar-refractivity contribution is 7.14. The molecule has 7 nitrogen and oxygen atoms in total. The van der Waals surface area contributed by atoms with Crippen molar-refractivity contribution in [3.63, 3.8) is 0 Å². The van der Waals surface area contributed by atoms with E-state index in [-0.39, 0.29) is 21.8 Å². The molecule has 3 rings (SSSR count). The number of halogens is 1. The van der Waals surface area contributed by atoms with Crippen molar-refractivity contribution in [2.24, 2.45) is 0 Å². The number of nitrogens with one attached hydrogen (secondary N) is 1. The highest BCUT2D eigenvalue weighted by atomic mass is 35.5. The molecule has 2 aromatic carbocycles. The van der Waals surface area contributed by atoms with Gasteiger partial charge in [0.2, 0.25) is 0 Å². The first-order valence-electron chi connectivity index (χ1n) is 7.48. The van der Waals surface area contributed by atoms with Crippen LogP contribution in [0.1, 0.15) is 31.1 Å². The smallest absolute Gasteiger partial charge is 0.336 e. The number of benzene rings is 2. The van der Waals surface area contributed by atoms with Gasteiger partial charge in [0, 0.05) is 16.0 Å². The third-order valence-electron chi connectivity index (χ3n) is 3.61. The second-order valence-corrected chi connectivity index (χ2v) is 6.66. The lowest BCUT2D eigenvalue weighted by Gasteiger charge is -2.07. The van der Waals surface area contributed by atoms with Gasteiger partial charge in [-0.15, -0.1) is 11.3 Å². The lowest BCUT2D eigenvalue weighted by atomic mass is 10.0. The van der Waals surface area contributed by atoms with Gasteiger partial charge in [0.25, 0.3) is 5.91 Å². The summed E-state index contributed by atoms with van der Waals surface area (Å²) in [6.07, 6.45) is 0. The molecule has 0 fully saturated rings. The fraction of sp³-hybridized carbons (Fsp3) is 0. The number of rotatable bonds is 5. The van der Waals surface area contributed by atoms with Crippen molar-refractivity contribution in [1.29, 1.82) is 0 Å². The number of aromatic nitrogens is 1. The minimum Gasteiger partial charge on any atom is -0.478 e. The molecule has 1 aromatic heterocycles. The summed E-state index contributed by atoms with van der Waals surface area (Å²) < 4.78 is 0. The molecule has 1 amide bonds. The van der Waals surface area contributed by atoms with Crippen molar-refractivity contribution < 1.29 is 24.6 Å². The van der Waals surface area contributed by atoms with E-state index in [2.05, 4.69) is 10.3 Å². The number of hydrogen-bond acceptors (Lipinski definition) is 5. The molecule has 3 N–H and O–H groups in total. The van der Waals surface area contributed by atoms with Crippen LogP contribution in [0, 0.1) is 0 Å². The molecule has 0 saturated carbocycles. The van der Waals surface area contributed by atoms with Crippen LogP contribution >= 0.6 is 22.9 Å². The molecule has 0 radical (unpaired) electrons. The van der Waals surface area contributed by atoms with E-state index in [1.165, 1.54) is 0 Å². The minimum absolute atomic E-state index is 0.189. The average Bonchev–Trinajstić information content (AvgIpc) is 3.10. The van der Waals surface area contributed by atoms with E-state index in [9.17, 15) is 19.5 Å². The van der Waals surface area contributed by atoms with Crippen LogP contribution in [0.25, 0.3) is 11.3 Å². The molecular weight excluding hydrogens is 392 g/mol. The molecular formula is C18H11ClN2O5S. The molecule has 0 bridgehead atoms. The summed E-state index contributed by atoms with van der Waals surface area (Å²) in [5, 5.41) is 23.4. The first-order chi connectivity index (χ1) is 12.8. The number of thiazole rings is 1. The summed E-state index contributed by atoms with van der Waals surface area (Å²) in [6.45, 7) is 0. The Bertz CT molecular complexity index is 1050. The number of nitrogens with zero attached hydrogens (tertiary/aromatic N) is 1. The summed E-state index contributed by atoms with van der Waals surface area (Å²) in [4.78, 5) is 39.2. The Hall–Kier alpha value is -3.23. The topological polar surface area (TPSA) is 117 Å². The van der Waals surface area contributed by atoms with Gasteiger partial charge < -0.3 is 10.2 Å². The zero-order valence-electron chi connectivity index (χ0n) is 13.5. The predicted octanol–water partition coefficient (Wildman–Crippen LogP) is 4.11. The van der Waals surface area contributed by atoms with E-state index in [0.717, 1.165) is 35.1 Å². The molecule has 3 aromatic rings. The molecule has 0 aliphatic carbocycles. The zero-order chi connectivity index (χ0) is 19.6. The minimum atomic E-state index is -1.34. The van der Waals surface area contributed by atoms with Gasteiger partial charge in [-0.05, 0) is 30.3 Å². The first-order valence-corrected chi connectivity index (χ1v) is 8.74. The van der Waals surface area contributed by atoms with Crippen molar-refractivity contribution in [1.82, 2.24) is 4.98 Å². The number of amides is 1. The molecule has 0 aliphatic heterocycles. The van der Waals surface area contributed by atoms with Crippen LogP contribution in [0.2, 0.25) is 5.02 Å². The SMILES string of the molecule is O=C(O)c1ccc(C(=O)O)c(C(=O)Nc2nc(-c3ccc(Cl)cc3)cs2)c1. The molecule has 27 heavy (non-hydrogen) atoms. The van der Waals surface area contributed by atoms with Crippen LogP contribution in [-0.2, 0) is 0 Å². The maximum absolute atomic E-state index is 12.5. The molecule has 0 aliphatic rings. The van der Waals surface area contributed by atoms with Crippen molar-refractivity contribution >= 4 is 45.9 Å². The predicted molar refractivity (Wildman–Crippen MR) is 101 cm³/mol. The van der Waals surface area contributed by atoms with Crippen LogP contribution in [0.15, 0.2) is 47.8 Å². The van der Waals surface area contributed by atoms with E-state index in [1.807, 2.05) is 0 Å². The number of carboxylic acids is 2. The van der Waals surface area contributed by atoms with E-state index in [4.69, 9.17) is 16.7 Å². The van der Waals surface area contributed by atoms with Crippen LogP contribution in [-0.4, -0.2) is 33.0 Å². The molecule has 0 atom stereocenters. The van der Waals surface area contributed by atoms with Gasteiger partial charge in [-0.3, -0.25) is 10.1 Å². The van der Waals surface area contributed by atoms with E-state index >= 15 is 0 Å². The van der Waals surface area contributed by atoms with E-state index in [1.54, 1.807) is 29.6 Å². The van der Waals surface area contributed by atoms with Crippen molar-refractivity contribution in [3.8, 4) is 11.3 Å². The van der Waals surface area contributed by atoms with Crippen molar-refractivity contribution in [2.45, 2.75) is 0 Å². The van der Waals surface area contributed by atoms with Gasteiger partial charge in [0.1, 0.15) is 0 Å². The summed E-state index contributed by atoms with van der Waals surface area (Å²) in [5.41, 5.74) is 0.670. The summed E-state index contributed by atoms with van der Waals surface area (Å²) in [7, 11) is 0. The molecule has 0 spiro atoms. The largest absolute Gasteiger partial charge is 0.478 e. The van der Waals surface area contributed by atoms with Gasteiger partial charge in [0.15, 0.2) is 5.13 Å². The first kappa shape index (κ1) is 18.6. The molecule has 0 unspecified atom stereocenters. The third-order valence-corrected chi connectivity index (χ3v) is 4.62. The van der Waals surface area contributed by atoms with Crippen LogP contribution in [0.5, 0.6) is 0 Å². The number of carbonyl (C=O) groups is 3. The summed E-state index contributed by atoms with van der Waals surface area (Å²) >= 11 is 7.01. The Morgan fingerprint density at radius 3 is 2.30 bits per heavy atom. The average molecular weight is 403 g/mol. The molecule has 1 heterocycles. The van der Waals surface area contributed by atoms with E-state index < -0.39 is 17.8 Å². The van der Waals surface area contributed by atoms with Crippen molar-refractivity contribution in [2.75, 3.05) is 5.32 Å². The monoisotopic (exact) mass is 402 g/mol. The van der Waals surface area contributed by atoms with Gasteiger partial charge in [-0.2, -0.15) is 0 Å². The number of carboxylic acid groups (broad SMARTS) is 2. The highest BCUT2D eigenvalue weighted by Gasteiger charge is 2.20. The Balaban J connectivity index is 1.87. The van der Waals surface area contributed by atoms with Gasteiger partial charge in [-0.25, -0.2) is 14.6 Å². The van der Waals surface area contributed by atoms with Crippen LogP contribution < -0.4 is 5.32 Å². The van der Waals surface area contributed by atoms with Gasteiger partial charge >= 0.3 is 11.9 Å². The lowest BCUT2D eigenvalue weighted by Crippen LogP contribution is -2.17. The lowest BCUT2D eigenvalue weighted by molar-refractivity contribution is 0.0679. The number of carbonyl (C=O) groups excluding carboxylic acids is 1. The maximum Gasteiger partial charge on any atom is 0.336 e. The number of hydrogen-bond donors (Lipinski definition) is 3. The summed E-state index contributed by atoms with van der Waals surface area (Å²) in [5.74, 6) is -3.36. The Morgan fingerprint density at radius 2 is 1.67 bits per heavy atom. The normalized spacial score (nSPS) is 10.4. The van der Waals surface area contributed by atoms with Crippen LogP contribution in [0.4, 0.5) is 5.13 Å². The quantitative estimate of drug-likeness (QED) is 0.591. The maximum atomic E-state index is 12.5. The number of anilines is 1. The Labute approximate surface area is 161 Å². The standard InChI is InChI=1S/C18H11ClN2O5S/c19-11-4-1-9(2-5-11)14-8-27-18(20-14)21-15(22)13-7-10(16(23)24)3-6-12(13)17(25)26/h1-8H,(H,23,24)(H,25,26)(H,20,21,22). The zero-order valence-corrected chi connectivity index (χ0v) is 15.0. The Kier molecular flexibility index (Phi) is 5.20. The third kappa shape index (κ3) is 4.13. The molecule has 136 valence electrons. The van der Waals surface area contributed by atoms with E-state index in [0.29, 0.717) is 10.7 Å². The second kappa shape index (κ2) is 7.56. The fourth-order valence-corrected chi connectivity index (χ4v) is 3.14.